The number of aryl methyl sites for hydroxylation is 1. The molecule has 0 atom stereocenters. The Kier molecular flexibility index (Phi) is 11.3. The number of anilines is 2. The number of phenols is 2. The molecule has 12 nitrogen and oxygen atoms in total. The van der Waals surface area contributed by atoms with Gasteiger partial charge in [0.1, 0.15) is 33.5 Å². The second-order valence-corrected chi connectivity index (χ2v) is 14.0. The smallest absolute Gasteiger partial charge is 0.339 e. The molecule has 0 radical (unpaired) electrons. The van der Waals surface area contributed by atoms with Crippen molar-refractivity contribution in [2.75, 3.05) is 38.5 Å². The Morgan fingerprint density at radius 1 is 0.755 bits per heavy atom. The minimum absolute atomic E-state index is 0. The van der Waals surface area contributed by atoms with Gasteiger partial charge >= 0.3 is 11.9 Å². The number of aromatic carboxylic acids is 2. The maximum atomic E-state index is 11.6. The Balaban J connectivity index is 0.000000203. The van der Waals surface area contributed by atoms with E-state index >= 15 is 0 Å². The van der Waals surface area contributed by atoms with Crippen LogP contribution in [0.4, 0.5) is 16.4 Å². The molecule has 0 saturated carbocycles. The van der Waals surface area contributed by atoms with Crippen LogP contribution in [-0.2, 0) is 6.42 Å². The molecule has 1 saturated heterocycles. The van der Waals surface area contributed by atoms with Crippen molar-refractivity contribution in [3.8, 4) is 11.5 Å². The molecule has 3 heterocycles. The molecule has 0 spiro atoms. The summed E-state index contributed by atoms with van der Waals surface area (Å²) >= 11 is 1.81. The van der Waals surface area contributed by atoms with Gasteiger partial charge in [-0.15, -0.1) is 11.3 Å². The minimum Gasteiger partial charge on any atom is -0.507 e. The quantitative estimate of drug-likeness (QED) is 0.140. The van der Waals surface area contributed by atoms with Crippen LogP contribution in [0.1, 0.15) is 42.3 Å². The van der Waals surface area contributed by atoms with E-state index in [1.165, 1.54) is 27.6 Å². The van der Waals surface area contributed by atoms with E-state index in [-0.39, 0.29) is 28.5 Å². The molecule has 1 aromatic heterocycles. The lowest BCUT2D eigenvalue weighted by atomic mass is 9.90. The van der Waals surface area contributed by atoms with E-state index in [4.69, 9.17) is 4.99 Å². The van der Waals surface area contributed by atoms with Crippen LogP contribution in [0.25, 0.3) is 21.5 Å². The van der Waals surface area contributed by atoms with E-state index in [0.717, 1.165) is 43.4 Å². The van der Waals surface area contributed by atoms with Crippen molar-refractivity contribution in [2.45, 2.75) is 13.3 Å². The summed E-state index contributed by atoms with van der Waals surface area (Å²) in [5, 5.41) is 47.6. The SMILES string of the molecule is Cc1cc2c(s1)Nc1ccccc1N=C2N1CCN(C)CC1.O.O.O=C(O)c1cc2ccccc2c(Cc2c(O)c(C(=O)O)cc3ccccc23)c1O. The highest BCUT2D eigenvalue weighted by Crippen LogP contribution is 2.40. The normalized spacial score (nSPS) is 13.5. The zero-order chi connectivity index (χ0) is 35.8. The number of carboxylic acids is 2. The standard InChI is InChI=1S/C23H16O6.C17H20N4S.2H2O/c24-20-16(14-7-3-1-5-12(14)9-18(20)22(26)27)11-17-15-8-4-2-6-13(15)10-19(21(17)25)23(28)29;1-12-11-13-16(21-9-7-20(2)8-10-21)18-14-5-3-4-6-15(14)19-17(13)22-12;;/h1-10,24-25H,11H2,(H,26,27)(H,28,29);3-6,11,19H,7-10H2,1-2H3;2*1H2. The van der Waals surface area contributed by atoms with Crippen molar-refractivity contribution in [3.63, 3.8) is 0 Å². The van der Waals surface area contributed by atoms with E-state index in [1.807, 2.05) is 0 Å². The number of piperazine rings is 1. The molecule has 2 aliphatic heterocycles. The van der Waals surface area contributed by atoms with E-state index in [9.17, 15) is 30.0 Å². The summed E-state index contributed by atoms with van der Waals surface area (Å²) in [6.07, 6.45) is -0.0407. The summed E-state index contributed by atoms with van der Waals surface area (Å²) in [5.74, 6) is -2.24. The van der Waals surface area contributed by atoms with Crippen LogP contribution in [0.5, 0.6) is 11.5 Å². The topological polar surface area (TPSA) is 209 Å². The second kappa shape index (κ2) is 15.7. The largest absolute Gasteiger partial charge is 0.507 e. The number of nitrogens with zero attached hydrogens (tertiary/aromatic N) is 3. The summed E-state index contributed by atoms with van der Waals surface area (Å²) in [5.41, 5.74) is 3.47. The summed E-state index contributed by atoms with van der Waals surface area (Å²) in [6.45, 7) is 6.41. The van der Waals surface area contributed by atoms with E-state index in [1.54, 1.807) is 59.9 Å². The third kappa shape index (κ3) is 7.50. The highest BCUT2D eigenvalue weighted by atomic mass is 32.1. The number of fused-ring (bicyclic) bond motifs is 4. The summed E-state index contributed by atoms with van der Waals surface area (Å²) < 4.78 is 0. The molecule has 0 aliphatic carbocycles. The van der Waals surface area contributed by atoms with Crippen molar-refractivity contribution < 1.29 is 41.0 Å². The average Bonchev–Trinajstić information content (AvgIpc) is 3.41. The van der Waals surface area contributed by atoms with Crippen molar-refractivity contribution >= 4 is 67.0 Å². The molecule has 0 amide bonds. The highest BCUT2D eigenvalue weighted by Gasteiger charge is 2.26. The first-order chi connectivity index (χ1) is 24.6. The zero-order valence-corrected chi connectivity index (χ0v) is 29.9. The van der Waals surface area contributed by atoms with Crippen LogP contribution in [0, 0.1) is 6.92 Å². The number of benzene rings is 5. The van der Waals surface area contributed by atoms with Gasteiger partial charge in [0.05, 0.1) is 16.9 Å². The van der Waals surface area contributed by atoms with Crippen LogP contribution in [0.15, 0.2) is 96.0 Å². The number of hydrogen-bond acceptors (Lipinski definition) is 9. The van der Waals surface area contributed by atoms with Gasteiger partial charge < -0.3 is 46.5 Å². The van der Waals surface area contributed by atoms with Crippen LogP contribution in [0.2, 0.25) is 0 Å². The minimum atomic E-state index is -1.28. The Bertz CT molecular complexity index is 2260. The number of aromatic hydroxyl groups is 2. The predicted octanol–water partition coefficient (Wildman–Crippen LogP) is 6.18. The fraction of sp³-hybridized carbons (Fsp3) is 0.175. The maximum Gasteiger partial charge on any atom is 0.339 e. The maximum absolute atomic E-state index is 11.6. The molecule has 6 aromatic rings. The third-order valence-corrected chi connectivity index (χ3v) is 10.3. The summed E-state index contributed by atoms with van der Waals surface area (Å²) in [4.78, 5) is 34.3. The lowest BCUT2D eigenvalue weighted by molar-refractivity contribution is 0.0682. The zero-order valence-electron chi connectivity index (χ0n) is 29.1. The highest BCUT2D eigenvalue weighted by molar-refractivity contribution is 7.16. The molecule has 8 rings (SSSR count). The fourth-order valence-corrected chi connectivity index (χ4v) is 7.61. The van der Waals surface area contributed by atoms with Gasteiger partial charge in [0.25, 0.3) is 0 Å². The van der Waals surface area contributed by atoms with Gasteiger partial charge in [-0.05, 0) is 65.8 Å². The number of amidine groups is 1. The number of carbonyl (C=O) groups is 2. The number of thiophene rings is 1. The van der Waals surface area contributed by atoms with Crippen LogP contribution in [-0.4, -0.2) is 92.2 Å². The van der Waals surface area contributed by atoms with E-state index in [2.05, 4.69) is 59.4 Å². The number of para-hydroxylation sites is 2. The molecule has 9 N–H and O–H groups in total. The van der Waals surface area contributed by atoms with Crippen molar-refractivity contribution in [1.29, 1.82) is 0 Å². The number of rotatable bonds is 4. The fourth-order valence-electron chi connectivity index (χ4n) is 6.69. The van der Waals surface area contributed by atoms with Crippen LogP contribution >= 0.6 is 11.3 Å². The molecule has 0 bridgehead atoms. The lowest BCUT2D eigenvalue weighted by Gasteiger charge is -2.34. The van der Waals surface area contributed by atoms with Crippen LogP contribution < -0.4 is 5.32 Å². The third-order valence-electron chi connectivity index (χ3n) is 9.35. The summed E-state index contributed by atoms with van der Waals surface area (Å²) in [7, 11) is 2.18. The number of aliphatic imine (C=N–C) groups is 1. The van der Waals surface area contributed by atoms with Crippen molar-refractivity contribution in [3.05, 3.63) is 124 Å². The molecule has 1 fully saturated rings. The number of nitrogens with one attached hydrogen (secondary N) is 1. The van der Waals surface area contributed by atoms with E-state index < -0.39 is 23.4 Å². The van der Waals surface area contributed by atoms with Crippen molar-refractivity contribution in [2.24, 2.45) is 4.99 Å². The first-order valence-corrected chi connectivity index (χ1v) is 17.3. The Labute approximate surface area is 309 Å². The van der Waals surface area contributed by atoms with Gasteiger partial charge in [0.15, 0.2) is 0 Å². The molecule has 274 valence electrons. The van der Waals surface area contributed by atoms with Gasteiger partial charge in [-0.1, -0.05) is 60.7 Å². The first-order valence-electron chi connectivity index (χ1n) is 16.5. The Hall–Kier alpha value is -5.99. The Morgan fingerprint density at radius 3 is 1.81 bits per heavy atom. The van der Waals surface area contributed by atoms with E-state index in [0.29, 0.717) is 32.7 Å². The van der Waals surface area contributed by atoms with Crippen LogP contribution in [0.3, 0.4) is 0 Å². The average molecular weight is 737 g/mol. The second-order valence-electron chi connectivity index (χ2n) is 12.7. The number of hydrogen-bond donors (Lipinski definition) is 5. The molecule has 2 aliphatic rings. The predicted molar refractivity (Wildman–Crippen MR) is 209 cm³/mol. The van der Waals surface area contributed by atoms with Gasteiger partial charge in [-0.25, -0.2) is 14.6 Å². The van der Waals surface area contributed by atoms with Gasteiger partial charge in [0.2, 0.25) is 0 Å². The molecule has 5 aromatic carbocycles. The molecular formula is C40H40N4O8S. The summed E-state index contributed by atoms with van der Waals surface area (Å²) in [6, 6.07) is 27.3. The molecular weight excluding hydrogens is 697 g/mol. The van der Waals surface area contributed by atoms with Gasteiger partial charge in [-0.3, -0.25) is 0 Å². The van der Waals surface area contributed by atoms with Crippen molar-refractivity contribution in [1.82, 2.24) is 9.80 Å². The van der Waals surface area contributed by atoms with Gasteiger partial charge in [0, 0.05) is 48.6 Å². The monoisotopic (exact) mass is 736 g/mol. The molecule has 13 heteroatoms. The molecule has 0 unspecified atom stereocenters. The number of likely N-dealkylation sites (N-methyl/N-ethyl adjacent to an activating group) is 1. The molecule has 53 heavy (non-hydrogen) atoms. The Morgan fingerprint density at radius 2 is 1.26 bits per heavy atom. The lowest BCUT2D eigenvalue weighted by Crippen LogP contribution is -2.47. The first kappa shape index (κ1) is 38.2. The van der Waals surface area contributed by atoms with Gasteiger partial charge in [-0.2, -0.15) is 0 Å². The number of carboxylic acid groups (broad SMARTS) is 2.